The third-order valence-corrected chi connectivity index (χ3v) is 3.89. The van der Waals surface area contributed by atoms with Crippen molar-refractivity contribution in [2.75, 3.05) is 6.54 Å². The summed E-state index contributed by atoms with van der Waals surface area (Å²) in [6, 6.07) is 6.90. The van der Waals surface area contributed by atoms with Crippen molar-refractivity contribution in [2.24, 2.45) is 11.7 Å². The predicted molar refractivity (Wildman–Crippen MR) is 73.2 cm³/mol. The smallest absolute Gasteiger partial charge is 0.126 e. The molecule has 96 valence electrons. The third kappa shape index (κ3) is 3.37. The van der Waals surface area contributed by atoms with Crippen LogP contribution in [0.5, 0.6) is 0 Å². The average Bonchev–Trinajstić information content (AvgIpc) is 2.76. The second kappa shape index (κ2) is 6.07. The van der Waals surface area contributed by atoms with E-state index in [4.69, 9.17) is 5.73 Å². The van der Waals surface area contributed by atoms with E-state index >= 15 is 0 Å². The molecule has 0 saturated heterocycles. The molecule has 1 atom stereocenters. The van der Waals surface area contributed by atoms with Gasteiger partial charge in [0, 0.05) is 11.1 Å². The number of aromatic nitrogens is 1. The molecule has 0 radical (unpaired) electrons. The summed E-state index contributed by atoms with van der Waals surface area (Å²) >= 11 is 1.69. The van der Waals surface area contributed by atoms with Crippen molar-refractivity contribution in [3.05, 3.63) is 51.7 Å². The first kappa shape index (κ1) is 13.2. The fourth-order valence-electron chi connectivity index (χ4n) is 2.00. The number of thiazole rings is 1. The van der Waals surface area contributed by atoms with Crippen LogP contribution >= 0.6 is 11.3 Å². The standard InChI is InChI=1S/C14H17FN2S/c1-10-17-9-13(18-10)7-11(8-16)6-12-4-2-3-5-14(12)15/h2-5,9,11H,6-8,16H2,1H3. The molecule has 1 unspecified atom stereocenters. The van der Waals surface area contributed by atoms with Gasteiger partial charge in [0.05, 0.1) is 5.01 Å². The molecular formula is C14H17FN2S. The Hall–Kier alpha value is -1.26. The van der Waals surface area contributed by atoms with Gasteiger partial charge in [0.2, 0.25) is 0 Å². The monoisotopic (exact) mass is 264 g/mol. The summed E-state index contributed by atoms with van der Waals surface area (Å²) in [6.07, 6.45) is 3.44. The lowest BCUT2D eigenvalue weighted by molar-refractivity contribution is 0.514. The van der Waals surface area contributed by atoms with Crippen LogP contribution in [0.2, 0.25) is 0 Å². The second-order valence-corrected chi connectivity index (χ2v) is 5.77. The second-order valence-electron chi connectivity index (χ2n) is 4.45. The molecule has 1 aromatic heterocycles. The van der Waals surface area contributed by atoms with E-state index in [1.807, 2.05) is 25.3 Å². The Labute approximate surface area is 111 Å². The van der Waals surface area contributed by atoms with Gasteiger partial charge in [-0.25, -0.2) is 9.37 Å². The number of hydrogen-bond acceptors (Lipinski definition) is 3. The highest BCUT2D eigenvalue weighted by Crippen LogP contribution is 2.20. The summed E-state index contributed by atoms with van der Waals surface area (Å²) in [5.41, 5.74) is 6.53. The molecule has 0 saturated carbocycles. The molecule has 0 spiro atoms. The van der Waals surface area contributed by atoms with Crippen LogP contribution in [0, 0.1) is 18.7 Å². The van der Waals surface area contributed by atoms with Gasteiger partial charge in [0.15, 0.2) is 0 Å². The minimum absolute atomic E-state index is 0.142. The van der Waals surface area contributed by atoms with E-state index in [9.17, 15) is 4.39 Å². The Bertz CT molecular complexity index is 510. The number of nitrogens with zero attached hydrogens (tertiary/aromatic N) is 1. The predicted octanol–water partition coefficient (Wildman–Crippen LogP) is 2.95. The van der Waals surface area contributed by atoms with Crippen LogP contribution in [0.25, 0.3) is 0 Å². The molecule has 2 N–H and O–H groups in total. The Morgan fingerprint density at radius 2 is 2.11 bits per heavy atom. The van der Waals surface area contributed by atoms with Gasteiger partial charge in [-0.05, 0) is 43.9 Å². The summed E-state index contributed by atoms with van der Waals surface area (Å²) in [6.45, 7) is 2.55. The topological polar surface area (TPSA) is 38.9 Å². The van der Waals surface area contributed by atoms with Crippen molar-refractivity contribution in [3.63, 3.8) is 0 Å². The van der Waals surface area contributed by atoms with Crippen molar-refractivity contribution >= 4 is 11.3 Å². The fraction of sp³-hybridized carbons (Fsp3) is 0.357. The molecule has 0 amide bonds. The highest BCUT2D eigenvalue weighted by atomic mass is 32.1. The summed E-state index contributed by atoms with van der Waals surface area (Å²) in [5.74, 6) is 0.123. The molecular weight excluding hydrogens is 247 g/mol. The van der Waals surface area contributed by atoms with Crippen LogP contribution in [0.1, 0.15) is 15.4 Å². The SMILES string of the molecule is Cc1ncc(CC(CN)Cc2ccccc2F)s1. The van der Waals surface area contributed by atoms with E-state index in [1.165, 1.54) is 10.9 Å². The zero-order valence-corrected chi connectivity index (χ0v) is 11.2. The van der Waals surface area contributed by atoms with Gasteiger partial charge in [0.1, 0.15) is 5.82 Å². The molecule has 1 aromatic carbocycles. The van der Waals surface area contributed by atoms with E-state index < -0.39 is 0 Å². The molecule has 1 heterocycles. The van der Waals surface area contributed by atoms with Gasteiger partial charge in [0.25, 0.3) is 0 Å². The van der Waals surface area contributed by atoms with Crippen molar-refractivity contribution in [1.82, 2.24) is 4.98 Å². The molecule has 0 aliphatic heterocycles. The van der Waals surface area contributed by atoms with E-state index in [2.05, 4.69) is 4.98 Å². The van der Waals surface area contributed by atoms with E-state index in [0.717, 1.165) is 17.0 Å². The highest BCUT2D eigenvalue weighted by molar-refractivity contribution is 7.11. The Kier molecular flexibility index (Phi) is 4.44. The van der Waals surface area contributed by atoms with Gasteiger partial charge in [-0.3, -0.25) is 0 Å². The van der Waals surface area contributed by atoms with Crippen LogP contribution < -0.4 is 5.73 Å². The average molecular weight is 264 g/mol. The molecule has 0 bridgehead atoms. The Morgan fingerprint density at radius 3 is 2.72 bits per heavy atom. The maximum absolute atomic E-state index is 13.6. The zero-order chi connectivity index (χ0) is 13.0. The van der Waals surface area contributed by atoms with Gasteiger partial charge in [-0.2, -0.15) is 0 Å². The van der Waals surface area contributed by atoms with E-state index in [-0.39, 0.29) is 11.7 Å². The maximum Gasteiger partial charge on any atom is 0.126 e. The van der Waals surface area contributed by atoms with Gasteiger partial charge >= 0.3 is 0 Å². The highest BCUT2D eigenvalue weighted by Gasteiger charge is 2.13. The lowest BCUT2D eigenvalue weighted by Gasteiger charge is -2.14. The van der Waals surface area contributed by atoms with E-state index in [0.29, 0.717) is 13.0 Å². The van der Waals surface area contributed by atoms with Crippen LogP contribution in [0.4, 0.5) is 4.39 Å². The molecule has 2 nitrogen and oxygen atoms in total. The molecule has 0 fully saturated rings. The molecule has 2 aromatic rings. The maximum atomic E-state index is 13.6. The number of benzene rings is 1. The third-order valence-electron chi connectivity index (χ3n) is 2.96. The Balaban J connectivity index is 2.04. The first-order valence-electron chi connectivity index (χ1n) is 6.04. The largest absolute Gasteiger partial charge is 0.330 e. The van der Waals surface area contributed by atoms with Crippen molar-refractivity contribution in [3.8, 4) is 0 Å². The molecule has 2 rings (SSSR count). The minimum atomic E-state index is -0.142. The first-order chi connectivity index (χ1) is 8.69. The molecule has 4 heteroatoms. The summed E-state index contributed by atoms with van der Waals surface area (Å²) in [4.78, 5) is 5.45. The summed E-state index contributed by atoms with van der Waals surface area (Å²) in [5, 5.41) is 1.06. The van der Waals surface area contributed by atoms with Gasteiger partial charge in [-0.1, -0.05) is 18.2 Å². The zero-order valence-electron chi connectivity index (χ0n) is 10.4. The minimum Gasteiger partial charge on any atom is -0.330 e. The molecule has 0 aliphatic carbocycles. The summed E-state index contributed by atoms with van der Waals surface area (Å²) < 4.78 is 13.6. The lowest BCUT2D eigenvalue weighted by atomic mass is 9.95. The van der Waals surface area contributed by atoms with Crippen LogP contribution in [-0.4, -0.2) is 11.5 Å². The van der Waals surface area contributed by atoms with Crippen LogP contribution in [-0.2, 0) is 12.8 Å². The molecule has 18 heavy (non-hydrogen) atoms. The summed E-state index contributed by atoms with van der Waals surface area (Å²) in [7, 11) is 0. The molecule has 0 aliphatic rings. The van der Waals surface area contributed by atoms with Crippen molar-refractivity contribution in [1.29, 1.82) is 0 Å². The normalized spacial score (nSPS) is 12.6. The van der Waals surface area contributed by atoms with Crippen molar-refractivity contribution in [2.45, 2.75) is 19.8 Å². The lowest BCUT2D eigenvalue weighted by Crippen LogP contribution is -2.19. The van der Waals surface area contributed by atoms with Gasteiger partial charge in [-0.15, -0.1) is 11.3 Å². The number of nitrogens with two attached hydrogens (primary N) is 1. The van der Waals surface area contributed by atoms with Crippen LogP contribution in [0.3, 0.4) is 0 Å². The van der Waals surface area contributed by atoms with Crippen molar-refractivity contribution < 1.29 is 4.39 Å². The number of rotatable bonds is 5. The van der Waals surface area contributed by atoms with Crippen LogP contribution in [0.15, 0.2) is 30.5 Å². The first-order valence-corrected chi connectivity index (χ1v) is 6.85. The van der Waals surface area contributed by atoms with Gasteiger partial charge < -0.3 is 5.73 Å². The number of hydrogen-bond donors (Lipinski definition) is 1. The quantitative estimate of drug-likeness (QED) is 0.901. The number of halogens is 1. The Morgan fingerprint density at radius 1 is 1.33 bits per heavy atom. The fourth-order valence-corrected chi connectivity index (χ4v) is 2.91. The number of aryl methyl sites for hydroxylation is 1. The van der Waals surface area contributed by atoms with E-state index in [1.54, 1.807) is 17.4 Å².